The van der Waals surface area contributed by atoms with E-state index in [0.717, 1.165) is 25.2 Å². The standard InChI is InChI=1S/C20H20ClFN2O3/c21-15-3-6-17-18(11-15)26-13-19(27-17)20(25)24-9-7-23(8-10-24)12-14-1-4-16(22)5-2-14/h1-6,11,19H,7-10,12-13H2. The number of fused-ring (bicyclic) bond motifs is 1. The van der Waals surface area contributed by atoms with Crippen molar-refractivity contribution in [2.45, 2.75) is 12.6 Å². The molecule has 2 aliphatic heterocycles. The largest absolute Gasteiger partial charge is 0.485 e. The number of benzene rings is 2. The lowest BCUT2D eigenvalue weighted by atomic mass is 10.2. The van der Waals surface area contributed by atoms with E-state index >= 15 is 0 Å². The van der Waals surface area contributed by atoms with Gasteiger partial charge in [-0.2, -0.15) is 0 Å². The van der Waals surface area contributed by atoms with Crippen molar-refractivity contribution in [2.75, 3.05) is 32.8 Å². The van der Waals surface area contributed by atoms with Gasteiger partial charge in [-0.05, 0) is 29.8 Å². The highest BCUT2D eigenvalue weighted by Gasteiger charge is 2.32. The minimum absolute atomic E-state index is 0.0583. The molecule has 7 heteroatoms. The lowest BCUT2D eigenvalue weighted by Gasteiger charge is -2.37. The van der Waals surface area contributed by atoms with Gasteiger partial charge in [0.2, 0.25) is 6.10 Å². The number of carbonyl (C=O) groups excluding carboxylic acids is 1. The van der Waals surface area contributed by atoms with Crippen LogP contribution in [0.2, 0.25) is 5.02 Å². The highest BCUT2D eigenvalue weighted by atomic mass is 35.5. The van der Waals surface area contributed by atoms with Crippen molar-refractivity contribution in [2.24, 2.45) is 0 Å². The molecule has 2 aromatic rings. The van der Waals surface area contributed by atoms with E-state index in [2.05, 4.69) is 4.90 Å². The van der Waals surface area contributed by atoms with Crippen molar-refractivity contribution < 1.29 is 18.7 Å². The minimum Gasteiger partial charge on any atom is -0.485 e. The SMILES string of the molecule is O=C(C1COc2cc(Cl)ccc2O1)N1CCN(Cc2ccc(F)cc2)CC1. The number of amides is 1. The molecule has 27 heavy (non-hydrogen) atoms. The molecule has 2 aromatic carbocycles. The van der Waals surface area contributed by atoms with Crippen LogP contribution in [-0.4, -0.2) is 54.6 Å². The quantitative estimate of drug-likeness (QED) is 0.808. The van der Waals surface area contributed by atoms with Gasteiger partial charge in [0.15, 0.2) is 11.5 Å². The first-order chi connectivity index (χ1) is 13.1. The first kappa shape index (κ1) is 18.1. The third-order valence-corrected chi connectivity index (χ3v) is 5.08. The van der Waals surface area contributed by atoms with Crippen molar-refractivity contribution >= 4 is 17.5 Å². The van der Waals surface area contributed by atoms with E-state index in [1.165, 1.54) is 12.1 Å². The summed E-state index contributed by atoms with van der Waals surface area (Å²) in [4.78, 5) is 16.8. The van der Waals surface area contributed by atoms with Gasteiger partial charge < -0.3 is 14.4 Å². The zero-order chi connectivity index (χ0) is 18.8. The maximum atomic E-state index is 13.0. The van der Waals surface area contributed by atoms with E-state index in [4.69, 9.17) is 21.1 Å². The molecule has 4 rings (SSSR count). The van der Waals surface area contributed by atoms with E-state index in [9.17, 15) is 9.18 Å². The van der Waals surface area contributed by atoms with Crippen LogP contribution in [0.3, 0.4) is 0 Å². The number of rotatable bonds is 3. The molecule has 1 saturated heterocycles. The van der Waals surface area contributed by atoms with E-state index in [-0.39, 0.29) is 18.3 Å². The Bertz CT molecular complexity index is 822. The van der Waals surface area contributed by atoms with E-state index in [0.29, 0.717) is 29.6 Å². The lowest BCUT2D eigenvalue weighted by molar-refractivity contribution is -0.143. The summed E-state index contributed by atoms with van der Waals surface area (Å²) in [6, 6.07) is 11.7. The maximum Gasteiger partial charge on any atom is 0.267 e. The summed E-state index contributed by atoms with van der Waals surface area (Å²) >= 11 is 5.94. The third-order valence-electron chi connectivity index (χ3n) is 4.84. The van der Waals surface area contributed by atoms with Gasteiger partial charge in [-0.25, -0.2) is 4.39 Å². The van der Waals surface area contributed by atoms with Crippen LogP contribution in [0.5, 0.6) is 11.5 Å². The molecule has 0 N–H and O–H groups in total. The van der Waals surface area contributed by atoms with Gasteiger partial charge in [0, 0.05) is 43.8 Å². The zero-order valence-electron chi connectivity index (χ0n) is 14.7. The molecule has 5 nitrogen and oxygen atoms in total. The van der Waals surface area contributed by atoms with Gasteiger partial charge in [0.25, 0.3) is 5.91 Å². The summed E-state index contributed by atoms with van der Waals surface area (Å²) in [5.74, 6) is 0.819. The van der Waals surface area contributed by atoms with Crippen LogP contribution < -0.4 is 9.47 Å². The molecule has 2 heterocycles. The number of hydrogen-bond acceptors (Lipinski definition) is 4. The van der Waals surface area contributed by atoms with Gasteiger partial charge in [-0.3, -0.25) is 9.69 Å². The van der Waals surface area contributed by atoms with Gasteiger partial charge in [0.05, 0.1) is 0 Å². The van der Waals surface area contributed by atoms with Crippen molar-refractivity contribution in [1.82, 2.24) is 9.80 Å². The molecule has 0 saturated carbocycles. The molecule has 142 valence electrons. The number of carbonyl (C=O) groups is 1. The molecule has 0 spiro atoms. The van der Waals surface area contributed by atoms with Gasteiger partial charge >= 0.3 is 0 Å². The molecule has 0 bridgehead atoms. The van der Waals surface area contributed by atoms with Crippen LogP contribution in [-0.2, 0) is 11.3 Å². The molecule has 1 atom stereocenters. The molecular weight excluding hydrogens is 371 g/mol. The molecule has 1 amide bonds. The van der Waals surface area contributed by atoms with Gasteiger partial charge in [-0.15, -0.1) is 0 Å². The summed E-state index contributed by atoms with van der Waals surface area (Å²) in [5, 5.41) is 0.569. The van der Waals surface area contributed by atoms with Crippen molar-refractivity contribution in [1.29, 1.82) is 0 Å². The second kappa shape index (κ2) is 7.74. The third kappa shape index (κ3) is 4.17. The second-order valence-corrected chi connectivity index (χ2v) is 7.17. The summed E-state index contributed by atoms with van der Waals surface area (Å²) in [5.41, 5.74) is 1.07. The second-order valence-electron chi connectivity index (χ2n) is 6.74. The van der Waals surface area contributed by atoms with Crippen LogP contribution in [0.1, 0.15) is 5.56 Å². The van der Waals surface area contributed by atoms with Crippen molar-refractivity contribution in [3.63, 3.8) is 0 Å². The number of halogens is 2. The normalized spacial score (nSPS) is 19.8. The first-order valence-electron chi connectivity index (χ1n) is 8.93. The molecule has 0 aliphatic carbocycles. The lowest BCUT2D eigenvalue weighted by Crippen LogP contribution is -2.53. The predicted molar refractivity (Wildman–Crippen MR) is 99.6 cm³/mol. The van der Waals surface area contributed by atoms with Crippen molar-refractivity contribution in [3.8, 4) is 11.5 Å². The average Bonchev–Trinajstić information content (AvgIpc) is 2.69. The fraction of sp³-hybridized carbons (Fsp3) is 0.350. The Hall–Kier alpha value is -2.31. The van der Waals surface area contributed by atoms with E-state index < -0.39 is 6.10 Å². The predicted octanol–water partition coefficient (Wildman–Crippen LogP) is 2.96. The highest BCUT2D eigenvalue weighted by molar-refractivity contribution is 6.30. The van der Waals surface area contributed by atoms with Crippen LogP contribution in [0.4, 0.5) is 4.39 Å². The topological polar surface area (TPSA) is 42.0 Å². The number of piperazine rings is 1. The summed E-state index contributed by atoms with van der Waals surface area (Å²) < 4.78 is 24.5. The maximum absolute atomic E-state index is 13.0. The van der Waals surface area contributed by atoms with Crippen LogP contribution in [0.15, 0.2) is 42.5 Å². The van der Waals surface area contributed by atoms with Gasteiger partial charge in [0.1, 0.15) is 12.4 Å². The summed E-state index contributed by atoms with van der Waals surface area (Å²) in [6.07, 6.45) is -0.637. The molecule has 0 aromatic heterocycles. The minimum atomic E-state index is -0.637. The van der Waals surface area contributed by atoms with Crippen molar-refractivity contribution in [3.05, 3.63) is 58.9 Å². The molecule has 2 aliphatic rings. The monoisotopic (exact) mass is 390 g/mol. The Morgan fingerprint density at radius 1 is 1.07 bits per heavy atom. The van der Waals surface area contributed by atoms with Crippen LogP contribution in [0.25, 0.3) is 0 Å². The molecule has 1 fully saturated rings. The first-order valence-corrected chi connectivity index (χ1v) is 9.31. The average molecular weight is 391 g/mol. The Balaban J connectivity index is 1.31. The Labute approximate surface area is 162 Å². The summed E-state index contributed by atoms with van der Waals surface area (Å²) in [6.45, 7) is 3.73. The molecule has 0 radical (unpaired) electrons. The van der Waals surface area contributed by atoms with Crippen LogP contribution >= 0.6 is 11.6 Å². The van der Waals surface area contributed by atoms with Crippen LogP contribution in [0, 0.1) is 5.82 Å². The highest BCUT2D eigenvalue weighted by Crippen LogP contribution is 2.34. The van der Waals surface area contributed by atoms with E-state index in [1.54, 1.807) is 30.3 Å². The Morgan fingerprint density at radius 3 is 2.56 bits per heavy atom. The molecule has 1 unspecified atom stereocenters. The Morgan fingerprint density at radius 2 is 1.81 bits per heavy atom. The van der Waals surface area contributed by atoms with E-state index in [1.807, 2.05) is 4.90 Å². The summed E-state index contributed by atoms with van der Waals surface area (Å²) in [7, 11) is 0. The fourth-order valence-electron chi connectivity index (χ4n) is 3.34. The fourth-order valence-corrected chi connectivity index (χ4v) is 3.51. The van der Waals surface area contributed by atoms with Gasteiger partial charge in [-0.1, -0.05) is 23.7 Å². The number of nitrogens with zero attached hydrogens (tertiary/aromatic N) is 2. The molecular formula is C20H20ClFN2O3. The zero-order valence-corrected chi connectivity index (χ0v) is 15.5. The number of ether oxygens (including phenoxy) is 2. The smallest absolute Gasteiger partial charge is 0.267 e. The Kier molecular flexibility index (Phi) is 5.18. The number of hydrogen-bond donors (Lipinski definition) is 0.